The zero-order valence-corrected chi connectivity index (χ0v) is 36.7. The molecule has 2 aliphatic heterocycles. The average molecular weight is 845 g/mol. The summed E-state index contributed by atoms with van der Waals surface area (Å²) in [6, 6.07) is 11.4. The lowest BCUT2D eigenvalue weighted by atomic mass is 9.87. The molecule has 16 nitrogen and oxygen atoms in total. The maximum absolute atomic E-state index is 12.6. The van der Waals surface area contributed by atoms with E-state index in [0.29, 0.717) is 42.8 Å². The standard InChI is InChI=1S/C23H29N5O3.C23H27N5O3/c2*1-23(2,3)31-22(30)28-9-5-6-14(13-28)16-7-8-17(21(24)29)20-18(16)10-19(26-20)15-11-25-27(4)12-15/h7-8,10-12,14,26H,5-6,9,13H2,1-4H3,(H2,24,29);6-8,10-12,26H,5,9,13H2,1-4H3,(H2,24,29). The van der Waals surface area contributed by atoms with Crippen LogP contribution in [0.4, 0.5) is 9.59 Å². The molecule has 1 fully saturated rings. The van der Waals surface area contributed by atoms with E-state index in [1.54, 1.807) is 43.7 Å². The number of primary amides is 2. The number of ether oxygens (including phenoxy) is 2. The Labute approximate surface area is 360 Å². The predicted octanol–water partition coefficient (Wildman–Crippen LogP) is 7.47. The number of benzene rings is 2. The Morgan fingerprint density at radius 1 is 0.726 bits per heavy atom. The van der Waals surface area contributed by atoms with Crippen LogP contribution < -0.4 is 11.5 Å². The fourth-order valence-electron chi connectivity index (χ4n) is 8.08. The first kappa shape index (κ1) is 43.3. The molecule has 6 heterocycles. The largest absolute Gasteiger partial charge is 0.444 e. The van der Waals surface area contributed by atoms with Gasteiger partial charge in [-0.2, -0.15) is 10.2 Å². The molecule has 326 valence electrons. The summed E-state index contributed by atoms with van der Waals surface area (Å²) in [6.07, 6.45) is 11.5. The highest BCUT2D eigenvalue weighted by Crippen LogP contribution is 2.37. The molecule has 4 amide bonds. The van der Waals surface area contributed by atoms with E-state index in [-0.39, 0.29) is 18.1 Å². The van der Waals surface area contributed by atoms with E-state index in [4.69, 9.17) is 20.9 Å². The summed E-state index contributed by atoms with van der Waals surface area (Å²) in [4.78, 5) is 59.5. The molecule has 1 atom stereocenters. The zero-order valence-electron chi connectivity index (χ0n) is 36.7. The first-order chi connectivity index (χ1) is 29.2. The van der Waals surface area contributed by atoms with Crippen LogP contribution in [0, 0.1) is 0 Å². The van der Waals surface area contributed by atoms with Crippen molar-refractivity contribution in [2.24, 2.45) is 25.6 Å². The number of piperidine rings is 1. The summed E-state index contributed by atoms with van der Waals surface area (Å²) in [5, 5.41) is 10.3. The van der Waals surface area contributed by atoms with Crippen LogP contribution in [0.1, 0.15) is 98.6 Å². The number of carbonyl (C=O) groups excluding carboxylic acids is 4. The summed E-state index contributed by atoms with van der Waals surface area (Å²) in [5.74, 6) is -0.831. The number of aromatic amines is 2. The van der Waals surface area contributed by atoms with Crippen LogP contribution >= 0.6 is 0 Å². The minimum absolute atomic E-state index is 0.142. The number of likely N-dealkylation sites (tertiary alicyclic amines) is 1. The SMILES string of the molecule is Cn1cc(-c2cc3c(C4=CCCN(C(=O)OC(C)(C)C)C4)ccc(C(N)=O)c3[nH]2)cn1.Cn1cc(-c2cc3c(C4CCCN(C(=O)OC(C)(C)C)C4)ccc(C(N)=O)c3[nH]2)cn1. The number of H-pyrrole nitrogens is 2. The second-order valence-electron chi connectivity index (χ2n) is 18.0. The molecule has 0 radical (unpaired) electrons. The Hall–Kier alpha value is -6.84. The average Bonchev–Trinajstić information content (AvgIpc) is 4.02. The van der Waals surface area contributed by atoms with Crippen LogP contribution in [0.25, 0.3) is 49.9 Å². The Bertz CT molecular complexity index is 2700. The molecule has 0 spiro atoms. The summed E-state index contributed by atoms with van der Waals surface area (Å²) < 4.78 is 14.6. The number of rotatable bonds is 6. The van der Waals surface area contributed by atoms with Crippen molar-refractivity contribution in [2.75, 3.05) is 26.2 Å². The number of nitrogens with zero attached hydrogens (tertiary/aromatic N) is 6. The highest BCUT2D eigenvalue weighted by molar-refractivity contribution is 6.09. The number of nitrogens with one attached hydrogen (secondary N) is 2. The fourth-order valence-corrected chi connectivity index (χ4v) is 8.08. The third kappa shape index (κ3) is 9.54. The van der Waals surface area contributed by atoms with Crippen LogP contribution in [0.2, 0.25) is 0 Å². The van der Waals surface area contributed by atoms with Gasteiger partial charge in [0.05, 0.1) is 34.6 Å². The van der Waals surface area contributed by atoms with Crippen LogP contribution in [0.3, 0.4) is 0 Å². The molecule has 0 aliphatic carbocycles. The van der Waals surface area contributed by atoms with Crippen LogP contribution in [0.15, 0.2) is 67.3 Å². The Balaban J connectivity index is 0.000000186. The molecule has 1 saturated heterocycles. The number of hydrogen-bond donors (Lipinski definition) is 4. The molecular formula is C46H56N10O6. The number of fused-ring (bicyclic) bond motifs is 2. The third-order valence-corrected chi connectivity index (χ3v) is 10.8. The fraction of sp³-hybridized carbons (Fsp3) is 0.391. The van der Waals surface area contributed by atoms with Crippen molar-refractivity contribution in [3.05, 3.63) is 89.5 Å². The highest BCUT2D eigenvalue weighted by Gasteiger charge is 2.31. The van der Waals surface area contributed by atoms with Crippen LogP contribution in [-0.4, -0.2) is 101 Å². The lowest BCUT2D eigenvalue weighted by Gasteiger charge is -2.34. The van der Waals surface area contributed by atoms with Gasteiger partial charge < -0.3 is 40.7 Å². The summed E-state index contributed by atoms with van der Waals surface area (Å²) in [5.41, 5.74) is 19.1. The normalized spacial score (nSPS) is 15.9. The van der Waals surface area contributed by atoms with Gasteiger partial charge in [0.15, 0.2) is 0 Å². The minimum Gasteiger partial charge on any atom is -0.444 e. The lowest BCUT2D eigenvalue weighted by molar-refractivity contribution is 0.0197. The number of hydrogen-bond acceptors (Lipinski definition) is 8. The first-order valence-electron chi connectivity index (χ1n) is 20.8. The van der Waals surface area contributed by atoms with E-state index < -0.39 is 23.0 Å². The number of aromatic nitrogens is 6. The Morgan fingerprint density at radius 2 is 1.26 bits per heavy atom. The number of carbonyl (C=O) groups is 4. The van der Waals surface area contributed by atoms with Gasteiger partial charge >= 0.3 is 12.2 Å². The van der Waals surface area contributed by atoms with E-state index in [2.05, 4.69) is 26.2 Å². The molecule has 0 saturated carbocycles. The van der Waals surface area contributed by atoms with E-state index in [9.17, 15) is 19.2 Å². The van der Waals surface area contributed by atoms with Gasteiger partial charge in [-0.05, 0) is 102 Å². The van der Waals surface area contributed by atoms with Gasteiger partial charge in [0.1, 0.15) is 11.2 Å². The summed E-state index contributed by atoms with van der Waals surface area (Å²) >= 11 is 0. The van der Waals surface area contributed by atoms with Crippen LogP contribution in [0.5, 0.6) is 0 Å². The molecule has 1 unspecified atom stereocenters. The molecule has 62 heavy (non-hydrogen) atoms. The third-order valence-electron chi connectivity index (χ3n) is 10.8. The van der Waals surface area contributed by atoms with E-state index >= 15 is 0 Å². The maximum atomic E-state index is 12.6. The lowest BCUT2D eigenvalue weighted by Crippen LogP contribution is -2.42. The highest BCUT2D eigenvalue weighted by atomic mass is 16.6. The molecule has 4 aromatic heterocycles. The topological polar surface area (TPSA) is 212 Å². The van der Waals surface area contributed by atoms with Gasteiger partial charge in [-0.3, -0.25) is 19.0 Å². The van der Waals surface area contributed by atoms with Crippen molar-refractivity contribution in [3.63, 3.8) is 0 Å². The zero-order chi connectivity index (χ0) is 44.7. The quantitative estimate of drug-likeness (QED) is 0.132. The maximum Gasteiger partial charge on any atom is 0.410 e. The Kier molecular flexibility index (Phi) is 11.8. The van der Waals surface area contributed by atoms with Crippen LogP contribution in [-0.2, 0) is 23.6 Å². The number of aryl methyl sites for hydroxylation is 2. The van der Waals surface area contributed by atoms with Gasteiger partial charge in [0.2, 0.25) is 0 Å². The number of amides is 4. The van der Waals surface area contributed by atoms with E-state index in [1.807, 2.05) is 92.3 Å². The van der Waals surface area contributed by atoms with E-state index in [1.165, 1.54) is 0 Å². The summed E-state index contributed by atoms with van der Waals surface area (Å²) in [6.45, 7) is 13.5. The van der Waals surface area contributed by atoms with E-state index in [0.717, 1.165) is 74.8 Å². The molecule has 2 aliphatic rings. The van der Waals surface area contributed by atoms with Crippen molar-refractivity contribution in [1.82, 2.24) is 39.3 Å². The second-order valence-corrected chi connectivity index (χ2v) is 18.0. The minimum atomic E-state index is -0.548. The molecule has 6 aromatic rings. The van der Waals surface area contributed by atoms with Crippen molar-refractivity contribution >= 4 is 51.4 Å². The molecule has 6 N–H and O–H groups in total. The van der Waals surface area contributed by atoms with Crippen molar-refractivity contribution < 1.29 is 28.7 Å². The van der Waals surface area contributed by atoms with Gasteiger partial charge in [0.25, 0.3) is 11.8 Å². The van der Waals surface area contributed by atoms with Crippen molar-refractivity contribution in [3.8, 4) is 22.5 Å². The molecular weight excluding hydrogens is 789 g/mol. The monoisotopic (exact) mass is 844 g/mol. The Morgan fingerprint density at radius 3 is 1.79 bits per heavy atom. The molecule has 16 heteroatoms. The molecule has 0 bridgehead atoms. The molecule has 8 rings (SSSR count). The second kappa shape index (κ2) is 16.9. The molecule has 2 aromatic carbocycles. The predicted molar refractivity (Wildman–Crippen MR) is 238 cm³/mol. The van der Waals surface area contributed by atoms with Gasteiger partial charge in [0, 0.05) is 91.9 Å². The smallest absolute Gasteiger partial charge is 0.410 e. The van der Waals surface area contributed by atoms with Gasteiger partial charge in [-0.25, -0.2) is 9.59 Å². The number of nitrogens with two attached hydrogens (primary N) is 2. The summed E-state index contributed by atoms with van der Waals surface area (Å²) in [7, 11) is 3.71. The van der Waals surface area contributed by atoms with Gasteiger partial charge in [-0.15, -0.1) is 0 Å². The first-order valence-corrected chi connectivity index (χ1v) is 20.8. The van der Waals surface area contributed by atoms with Crippen molar-refractivity contribution in [1.29, 1.82) is 0 Å². The van der Waals surface area contributed by atoms with Gasteiger partial charge in [-0.1, -0.05) is 18.2 Å². The van der Waals surface area contributed by atoms with Crippen molar-refractivity contribution in [2.45, 2.75) is 77.9 Å².